The SMILES string of the molecule is CCOc1cc(-c2cc(CCC(=O)O)cc(OCCN3CCCC3)c2)ccc1-c1nc2nc[nH]c2c(=O)[nH]1. The molecule has 0 amide bonds. The Labute approximate surface area is 219 Å². The molecule has 1 fully saturated rings. The van der Waals surface area contributed by atoms with Crippen LogP contribution in [0.3, 0.4) is 0 Å². The first-order chi connectivity index (χ1) is 18.5. The average Bonchev–Trinajstić information content (AvgIpc) is 3.60. The number of likely N-dealkylation sites (tertiary alicyclic amines) is 1. The van der Waals surface area contributed by atoms with Gasteiger partial charge in [0.2, 0.25) is 0 Å². The predicted molar refractivity (Wildman–Crippen MR) is 144 cm³/mol. The number of carboxylic acid groups (broad SMARTS) is 1. The Morgan fingerprint density at radius 3 is 2.74 bits per heavy atom. The third kappa shape index (κ3) is 5.86. The minimum atomic E-state index is -0.842. The number of H-pyrrole nitrogens is 2. The zero-order valence-electron chi connectivity index (χ0n) is 21.3. The molecule has 38 heavy (non-hydrogen) atoms. The first kappa shape index (κ1) is 25.5. The molecule has 0 spiro atoms. The number of carbonyl (C=O) groups is 1. The van der Waals surface area contributed by atoms with Crippen molar-refractivity contribution in [2.24, 2.45) is 0 Å². The summed E-state index contributed by atoms with van der Waals surface area (Å²) < 4.78 is 12.1. The summed E-state index contributed by atoms with van der Waals surface area (Å²) in [6.07, 6.45) is 4.33. The zero-order chi connectivity index (χ0) is 26.5. The molecule has 3 N–H and O–H groups in total. The van der Waals surface area contributed by atoms with E-state index in [-0.39, 0.29) is 12.0 Å². The normalized spacial score (nSPS) is 13.7. The van der Waals surface area contributed by atoms with Gasteiger partial charge in [0, 0.05) is 13.0 Å². The first-order valence-corrected chi connectivity index (χ1v) is 12.9. The number of carboxylic acids is 1. The zero-order valence-corrected chi connectivity index (χ0v) is 21.3. The number of ether oxygens (including phenoxy) is 2. The number of nitrogens with one attached hydrogen (secondary N) is 2. The van der Waals surface area contributed by atoms with Crippen LogP contribution in [0, 0.1) is 0 Å². The van der Waals surface area contributed by atoms with Crippen molar-refractivity contribution in [3.63, 3.8) is 0 Å². The minimum absolute atomic E-state index is 0.0362. The van der Waals surface area contributed by atoms with Gasteiger partial charge in [0.05, 0.1) is 18.5 Å². The van der Waals surface area contributed by atoms with Crippen molar-refractivity contribution in [2.75, 3.05) is 32.8 Å². The van der Waals surface area contributed by atoms with Gasteiger partial charge in [-0.05, 0) is 80.2 Å². The fourth-order valence-corrected chi connectivity index (χ4v) is 4.75. The fourth-order valence-electron chi connectivity index (χ4n) is 4.75. The molecule has 4 aromatic rings. The molecule has 2 aromatic heterocycles. The van der Waals surface area contributed by atoms with Crippen LogP contribution in [0.5, 0.6) is 11.5 Å². The van der Waals surface area contributed by atoms with Crippen LogP contribution in [-0.2, 0) is 11.2 Å². The maximum absolute atomic E-state index is 12.5. The molecule has 198 valence electrons. The summed E-state index contributed by atoms with van der Waals surface area (Å²) in [6.45, 7) is 5.96. The topological polar surface area (TPSA) is 133 Å². The van der Waals surface area contributed by atoms with Crippen LogP contribution < -0.4 is 15.0 Å². The molecule has 1 aliphatic rings. The van der Waals surface area contributed by atoms with Crippen molar-refractivity contribution < 1.29 is 19.4 Å². The molecule has 5 rings (SSSR count). The van der Waals surface area contributed by atoms with Gasteiger partial charge in [-0.25, -0.2) is 9.97 Å². The number of benzene rings is 2. The summed E-state index contributed by atoms with van der Waals surface area (Å²) in [5.74, 6) is 0.797. The van der Waals surface area contributed by atoms with Crippen molar-refractivity contribution in [1.29, 1.82) is 0 Å². The molecule has 0 saturated carbocycles. The summed E-state index contributed by atoms with van der Waals surface area (Å²) in [5, 5.41) is 9.21. The average molecular weight is 518 g/mol. The highest BCUT2D eigenvalue weighted by molar-refractivity contribution is 5.77. The van der Waals surface area contributed by atoms with E-state index in [2.05, 4.69) is 24.8 Å². The standard InChI is InChI=1S/C28H31N5O5/c1-2-37-23-16-19(6-7-22(23)26-31-27-25(28(36)32-26)29-17-30-27)20-13-18(5-8-24(34)35)14-21(15-20)38-12-11-33-9-3-4-10-33/h6-7,13-17H,2-5,8-12H2,1H3,(H,34,35)(H2,29,30,31,32,36). The Morgan fingerprint density at radius 2 is 1.95 bits per heavy atom. The maximum atomic E-state index is 12.5. The van der Waals surface area contributed by atoms with Crippen LogP contribution >= 0.6 is 0 Å². The molecule has 1 aliphatic heterocycles. The lowest BCUT2D eigenvalue weighted by Gasteiger charge is -2.17. The summed E-state index contributed by atoms with van der Waals surface area (Å²) in [4.78, 5) is 40.3. The predicted octanol–water partition coefficient (Wildman–Crippen LogP) is 3.87. The Hall–Kier alpha value is -4.18. The van der Waals surface area contributed by atoms with Gasteiger partial charge in [-0.3, -0.25) is 14.5 Å². The van der Waals surface area contributed by atoms with Gasteiger partial charge in [-0.15, -0.1) is 0 Å². The molecule has 10 nitrogen and oxygen atoms in total. The summed E-state index contributed by atoms with van der Waals surface area (Å²) in [6, 6.07) is 11.6. The van der Waals surface area contributed by atoms with Crippen molar-refractivity contribution in [3.8, 4) is 34.0 Å². The lowest BCUT2D eigenvalue weighted by Crippen LogP contribution is -2.25. The van der Waals surface area contributed by atoms with Crippen LogP contribution in [0.2, 0.25) is 0 Å². The maximum Gasteiger partial charge on any atom is 0.303 e. The second-order valence-corrected chi connectivity index (χ2v) is 9.32. The van der Waals surface area contributed by atoms with E-state index in [9.17, 15) is 14.7 Å². The molecule has 0 radical (unpaired) electrons. The van der Waals surface area contributed by atoms with E-state index < -0.39 is 5.97 Å². The molecule has 10 heteroatoms. The highest BCUT2D eigenvalue weighted by atomic mass is 16.5. The molecule has 3 heterocycles. The van der Waals surface area contributed by atoms with Gasteiger partial charge >= 0.3 is 5.97 Å². The number of fused-ring (bicyclic) bond motifs is 1. The monoisotopic (exact) mass is 517 g/mol. The number of hydrogen-bond acceptors (Lipinski definition) is 7. The quantitative estimate of drug-likeness (QED) is 0.273. The molecule has 0 unspecified atom stereocenters. The van der Waals surface area contributed by atoms with E-state index in [1.165, 1.54) is 19.2 Å². The van der Waals surface area contributed by atoms with Crippen molar-refractivity contribution in [1.82, 2.24) is 24.8 Å². The van der Waals surface area contributed by atoms with Gasteiger partial charge in [0.1, 0.15) is 23.9 Å². The van der Waals surface area contributed by atoms with E-state index in [4.69, 9.17) is 9.47 Å². The van der Waals surface area contributed by atoms with E-state index in [1.807, 2.05) is 43.3 Å². The van der Waals surface area contributed by atoms with E-state index in [1.54, 1.807) is 0 Å². The summed E-state index contributed by atoms with van der Waals surface area (Å²) >= 11 is 0. The number of aromatic amines is 2. The third-order valence-corrected chi connectivity index (χ3v) is 6.63. The lowest BCUT2D eigenvalue weighted by atomic mass is 9.98. The van der Waals surface area contributed by atoms with E-state index in [0.717, 1.165) is 36.3 Å². The van der Waals surface area contributed by atoms with Crippen LogP contribution in [0.15, 0.2) is 47.5 Å². The van der Waals surface area contributed by atoms with Crippen molar-refractivity contribution in [3.05, 3.63) is 58.6 Å². The molecular weight excluding hydrogens is 486 g/mol. The number of hydrogen-bond donors (Lipinski definition) is 3. The van der Waals surface area contributed by atoms with Crippen LogP contribution in [0.25, 0.3) is 33.7 Å². The third-order valence-electron chi connectivity index (χ3n) is 6.63. The van der Waals surface area contributed by atoms with Crippen molar-refractivity contribution in [2.45, 2.75) is 32.6 Å². The number of nitrogens with zero attached hydrogens (tertiary/aromatic N) is 3. The van der Waals surface area contributed by atoms with Gasteiger partial charge in [-0.1, -0.05) is 12.1 Å². The molecule has 0 bridgehead atoms. The van der Waals surface area contributed by atoms with Crippen LogP contribution in [0.1, 0.15) is 31.7 Å². The number of aryl methyl sites for hydroxylation is 1. The lowest BCUT2D eigenvalue weighted by molar-refractivity contribution is -0.136. The number of rotatable bonds is 11. The van der Waals surface area contributed by atoms with Gasteiger partial charge in [0.15, 0.2) is 11.2 Å². The fraction of sp³-hybridized carbons (Fsp3) is 0.357. The smallest absolute Gasteiger partial charge is 0.303 e. The molecule has 2 aromatic carbocycles. The second-order valence-electron chi connectivity index (χ2n) is 9.32. The van der Waals surface area contributed by atoms with E-state index >= 15 is 0 Å². The van der Waals surface area contributed by atoms with Gasteiger partial charge in [0.25, 0.3) is 5.56 Å². The van der Waals surface area contributed by atoms with Crippen LogP contribution in [0.4, 0.5) is 0 Å². The minimum Gasteiger partial charge on any atom is -0.493 e. The highest BCUT2D eigenvalue weighted by Crippen LogP contribution is 2.35. The Kier molecular flexibility index (Phi) is 7.69. The number of aromatic nitrogens is 4. The molecule has 1 saturated heterocycles. The second kappa shape index (κ2) is 11.5. The van der Waals surface area contributed by atoms with Crippen LogP contribution in [-0.4, -0.2) is 68.8 Å². The van der Waals surface area contributed by atoms with E-state index in [0.29, 0.717) is 53.7 Å². The summed E-state index contributed by atoms with van der Waals surface area (Å²) in [5.41, 5.74) is 3.63. The largest absolute Gasteiger partial charge is 0.493 e. The number of aliphatic carboxylic acids is 1. The Balaban J connectivity index is 1.47. The Bertz CT molecular complexity index is 1490. The molecular formula is C28H31N5O5. The van der Waals surface area contributed by atoms with Gasteiger partial charge < -0.3 is 24.5 Å². The van der Waals surface area contributed by atoms with Gasteiger partial charge in [-0.2, -0.15) is 0 Å². The molecule has 0 atom stereocenters. The summed E-state index contributed by atoms with van der Waals surface area (Å²) in [7, 11) is 0. The number of imidazole rings is 1. The first-order valence-electron chi connectivity index (χ1n) is 12.9. The highest BCUT2D eigenvalue weighted by Gasteiger charge is 2.16. The van der Waals surface area contributed by atoms with Crippen molar-refractivity contribution >= 4 is 17.1 Å². The Morgan fingerprint density at radius 1 is 1.11 bits per heavy atom. The molecule has 0 aliphatic carbocycles.